The molecule has 0 saturated carbocycles. The van der Waals surface area contributed by atoms with Gasteiger partial charge in [-0.1, -0.05) is 23.7 Å². The van der Waals surface area contributed by atoms with Gasteiger partial charge in [-0.05, 0) is 62.4 Å². The fourth-order valence-electron chi connectivity index (χ4n) is 2.70. The third-order valence-electron chi connectivity index (χ3n) is 4.21. The zero-order valence-electron chi connectivity index (χ0n) is 16.4. The second-order valence-electron chi connectivity index (χ2n) is 6.69. The Hall–Kier alpha value is -2.42. The zero-order chi connectivity index (χ0) is 21.8. The van der Waals surface area contributed by atoms with Gasteiger partial charge in [0.15, 0.2) is 0 Å². The Morgan fingerprint density at radius 2 is 1.90 bits per heavy atom. The molecule has 0 unspecified atom stereocenters. The highest BCUT2D eigenvalue weighted by Crippen LogP contribution is 2.28. The molecule has 156 valence electrons. The van der Waals surface area contributed by atoms with Gasteiger partial charge in [-0.3, -0.25) is 4.79 Å². The van der Waals surface area contributed by atoms with E-state index in [1.807, 2.05) is 0 Å². The minimum absolute atomic E-state index is 0.0384. The summed E-state index contributed by atoms with van der Waals surface area (Å²) in [5, 5.41) is 3.00. The molecule has 2 rings (SSSR count). The van der Waals surface area contributed by atoms with E-state index in [-0.39, 0.29) is 15.7 Å². The number of sulfonamides is 1. The van der Waals surface area contributed by atoms with Crippen molar-refractivity contribution >= 4 is 33.6 Å². The van der Waals surface area contributed by atoms with Crippen molar-refractivity contribution in [3.63, 3.8) is 0 Å². The molecular formula is C20H22ClFN2O4S. The molecule has 6 nitrogen and oxygen atoms in total. The lowest BCUT2D eigenvalue weighted by molar-refractivity contribution is -0.118. The van der Waals surface area contributed by atoms with Gasteiger partial charge in [-0.2, -0.15) is 0 Å². The van der Waals surface area contributed by atoms with Crippen LogP contribution < -0.4 is 14.8 Å². The topological polar surface area (TPSA) is 84.5 Å². The first-order valence-corrected chi connectivity index (χ1v) is 10.4. The van der Waals surface area contributed by atoms with Crippen LogP contribution in [-0.2, 0) is 20.4 Å². The van der Waals surface area contributed by atoms with Crippen LogP contribution in [0.3, 0.4) is 0 Å². The molecule has 0 heterocycles. The molecule has 0 aliphatic carbocycles. The van der Waals surface area contributed by atoms with Gasteiger partial charge >= 0.3 is 0 Å². The number of nitrogens with one attached hydrogen (secondary N) is 2. The van der Waals surface area contributed by atoms with Crippen LogP contribution in [0.25, 0.3) is 6.08 Å². The number of benzene rings is 2. The summed E-state index contributed by atoms with van der Waals surface area (Å²) in [5.41, 5.74) is 0.203. The van der Waals surface area contributed by atoms with Crippen LogP contribution in [0.1, 0.15) is 25.0 Å². The van der Waals surface area contributed by atoms with Gasteiger partial charge in [-0.15, -0.1) is 0 Å². The van der Waals surface area contributed by atoms with Gasteiger partial charge in [-0.25, -0.2) is 17.5 Å². The van der Waals surface area contributed by atoms with E-state index >= 15 is 0 Å². The van der Waals surface area contributed by atoms with Gasteiger partial charge in [0.05, 0.1) is 12.6 Å². The molecule has 0 fully saturated rings. The summed E-state index contributed by atoms with van der Waals surface area (Å²) in [7, 11) is -1.06. The fourth-order valence-corrected chi connectivity index (χ4v) is 4.03. The number of methoxy groups -OCH3 is 1. The summed E-state index contributed by atoms with van der Waals surface area (Å²) >= 11 is 6.09. The smallest absolute Gasteiger partial charge is 0.244 e. The van der Waals surface area contributed by atoms with Gasteiger partial charge in [0.25, 0.3) is 0 Å². The van der Waals surface area contributed by atoms with Crippen molar-refractivity contribution in [1.29, 1.82) is 0 Å². The highest BCUT2D eigenvalue weighted by atomic mass is 35.5. The Labute approximate surface area is 174 Å². The lowest BCUT2D eigenvalue weighted by Crippen LogP contribution is -2.40. The minimum atomic E-state index is -3.73. The maximum Gasteiger partial charge on any atom is 0.244 e. The first-order chi connectivity index (χ1) is 13.5. The van der Waals surface area contributed by atoms with Crippen molar-refractivity contribution in [2.24, 2.45) is 0 Å². The maximum atomic E-state index is 13.3. The molecule has 0 radical (unpaired) electrons. The summed E-state index contributed by atoms with van der Waals surface area (Å²) in [6, 6.07) is 8.49. The quantitative estimate of drug-likeness (QED) is 0.646. The Balaban J connectivity index is 2.23. The van der Waals surface area contributed by atoms with Crippen LogP contribution >= 0.6 is 11.6 Å². The Morgan fingerprint density at radius 3 is 2.48 bits per heavy atom. The van der Waals surface area contributed by atoms with Gasteiger partial charge in [0.1, 0.15) is 16.5 Å². The minimum Gasteiger partial charge on any atom is -0.495 e. The van der Waals surface area contributed by atoms with Gasteiger partial charge in [0.2, 0.25) is 15.9 Å². The second kappa shape index (κ2) is 8.94. The van der Waals surface area contributed by atoms with Crippen molar-refractivity contribution in [1.82, 2.24) is 10.0 Å². The standard InChI is InChI=1S/C20H22ClFN2O4S/c1-20(2,15-8-7-14(22)12-16(15)21)24-19(25)10-6-13-5-9-17(28-4)18(11-13)29(26,27)23-3/h5-12,23H,1-4H3,(H,24,25). The fraction of sp³-hybridized carbons (Fsp3) is 0.250. The summed E-state index contributed by atoms with van der Waals surface area (Å²) in [6.07, 6.45) is 2.75. The molecule has 0 atom stereocenters. The largest absolute Gasteiger partial charge is 0.495 e. The summed E-state index contributed by atoms with van der Waals surface area (Å²) in [5.74, 6) is -0.704. The summed E-state index contributed by atoms with van der Waals surface area (Å²) in [6.45, 7) is 3.48. The molecule has 2 N–H and O–H groups in total. The van der Waals surface area contributed by atoms with Crippen LogP contribution in [-0.4, -0.2) is 28.5 Å². The lowest BCUT2D eigenvalue weighted by atomic mass is 9.94. The van der Waals surface area contributed by atoms with Gasteiger partial charge in [0, 0.05) is 11.1 Å². The van der Waals surface area contributed by atoms with Crippen molar-refractivity contribution in [2.45, 2.75) is 24.3 Å². The van der Waals surface area contributed by atoms with Crippen LogP contribution in [0, 0.1) is 5.82 Å². The summed E-state index contributed by atoms with van der Waals surface area (Å²) < 4.78 is 44.9. The van der Waals surface area contributed by atoms with E-state index in [1.54, 1.807) is 19.9 Å². The number of carbonyl (C=O) groups is 1. The monoisotopic (exact) mass is 440 g/mol. The van der Waals surface area contributed by atoms with Crippen LogP contribution in [0.5, 0.6) is 5.75 Å². The van der Waals surface area contributed by atoms with Crippen molar-refractivity contribution in [3.05, 3.63) is 64.4 Å². The number of carbonyl (C=O) groups excluding carboxylic acids is 1. The molecule has 29 heavy (non-hydrogen) atoms. The molecule has 0 aliphatic heterocycles. The van der Waals surface area contributed by atoms with E-state index < -0.39 is 27.3 Å². The Morgan fingerprint density at radius 1 is 1.21 bits per heavy atom. The van der Waals surface area contributed by atoms with E-state index in [4.69, 9.17) is 16.3 Å². The molecular weight excluding hydrogens is 419 g/mol. The molecule has 0 saturated heterocycles. The number of rotatable bonds is 7. The molecule has 1 amide bonds. The Bertz CT molecular complexity index is 1050. The number of halogens is 2. The third kappa shape index (κ3) is 5.56. The average Bonchev–Trinajstić information content (AvgIpc) is 2.65. The first-order valence-electron chi connectivity index (χ1n) is 8.57. The highest BCUT2D eigenvalue weighted by molar-refractivity contribution is 7.89. The normalized spacial score (nSPS) is 12.2. The van der Waals surface area contributed by atoms with E-state index in [1.165, 1.54) is 56.6 Å². The van der Waals surface area contributed by atoms with Crippen molar-refractivity contribution < 1.29 is 22.3 Å². The molecule has 0 aromatic heterocycles. The highest BCUT2D eigenvalue weighted by Gasteiger charge is 2.25. The van der Waals surface area contributed by atoms with E-state index in [2.05, 4.69) is 10.0 Å². The van der Waals surface area contributed by atoms with Crippen LogP contribution in [0.15, 0.2) is 47.4 Å². The second-order valence-corrected chi connectivity index (χ2v) is 8.95. The Kier molecular flexibility index (Phi) is 7.05. The molecule has 9 heteroatoms. The lowest BCUT2D eigenvalue weighted by Gasteiger charge is -2.27. The predicted octanol–water partition coefficient (Wildman–Crippen LogP) is 3.46. The summed E-state index contributed by atoms with van der Waals surface area (Å²) in [4.78, 5) is 12.3. The van der Waals surface area contributed by atoms with Crippen LogP contribution in [0.4, 0.5) is 4.39 Å². The number of amides is 1. The molecule has 2 aromatic rings. The maximum absolute atomic E-state index is 13.3. The SMILES string of the molecule is CNS(=O)(=O)c1cc(C=CC(=O)NC(C)(C)c2ccc(F)cc2Cl)ccc1OC. The van der Waals surface area contributed by atoms with E-state index in [9.17, 15) is 17.6 Å². The first kappa shape index (κ1) is 22.9. The van der Waals surface area contributed by atoms with E-state index in [0.717, 1.165) is 0 Å². The van der Waals surface area contributed by atoms with Gasteiger partial charge < -0.3 is 10.1 Å². The number of hydrogen-bond donors (Lipinski definition) is 2. The molecule has 0 bridgehead atoms. The van der Waals surface area contributed by atoms with Crippen molar-refractivity contribution in [3.8, 4) is 5.75 Å². The third-order valence-corrected chi connectivity index (χ3v) is 5.96. The number of ether oxygens (including phenoxy) is 1. The molecule has 0 aliphatic rings. The molecule has 0 spiro atoms. The average molecular weight is 441 g/mol. The zero-order valence-corrected chi connectivity index (χ0v) is 18.0. The van der Waals surface area contributed by atoms with E-state index in [0.29, 0.717) is 11.1 Å². The molecule has 2 aromatic carbocycles. The predicted molar refractivity (Wildman–Crippen MR) is 111 cm³/mol. The van der Waals surface area contributed by atoms with Crippen molar-refractivity contribution in [2.75, 3.05) is 14.2 Å². The number of hydrogen-bond acceptors (Lipinski definition) is 4. The van der Waals surface area contributed by atoms with Crippen LogP contribution in [0.2, 0.25) is 5.02 Å².